The number of amides is 1. The van der Waals surface area contributed by atoms with Crippen molar-refractivity contribution in [3.8, 4) is 11.1 Å². The van der Waals surface area contributed by atoms with Crippen LogP contribution >= 0.6 is 0 Å². The summed E-state index contributed by atoms with van der Waals surface area (Å²) in [5.74, 6) is 0.287. The molecule has 3 aromatic rings. The molecule has 29 heavy (non-hydrogen) atoms. The summed E-state index contributed by atoms with van der Waals surface area (Å²) in [5.41, 5.74) is 4.82. The second-order valence-electron chi connectivity index (χ2n) is 7.88. The number of nitrogens with one attached hydrogen (secondary N) is 1. The molecule has 5 nitrogen and oxygen atoms in total. The van der Waals surface area contributed by atoms with E-state index in [0.29, 0.717) is 23.6 Å². The third-order valence-corrected chi connectivity index (χ3v) is 5.84. The molecular formula is C23H21FN4O. The monoisotopic (exact) mass is 388 g/mol. The fourth-order valence-corrected chi connectivity index (χ4v) is 4.11. The van der Waals surface area contributed by atoms with Gasteiger partial charge in [-0.05, 0) is 36.1 Å². The SMILES string of the molecule is CC(=O)NCc1ccc2c(c1)N(c1ncc(-c3ccccc3F)cn1)CC21CC1. The lowest BCUT2D eigenvalue weighted by atomic mass is 9.97. The number of hydrogen-bond donors (Lipinski definition) is 1. The lowest BCUT2D eigenvalue weighted by Gasteiger charge is -2.18. The molecule has 0 saturated heterocycles. The van der Waals surface area contributed by atoms with Gasteiger partial charge in [-0.3, -0.25) is 4.79 Å². The Hall–Kier alpha value is -3.28. The van der Waals surface area contributed by atoms with E-state index in [2.05, 4.69) is 38.4 Å². The largest absolute Gasteiger partial charge is 0.352 e. The highest BCUT2D eigenvalue weighted by molar-refractivity contribution is 5.74. The maximum Gasteiger partial charge on any atom is 0.229 e. The van der Waals surface area contributed by atoms with Gasteiger partial charge in [-0.2, -0.15) is 0 Å². The van der Waals surface area contributed by atoms with Crippen LogP contribution in [0.2, 0.25) is 0 Å². The molecule has 2 aromatic carbocycles. The molecule has 1 amide bonds. The van der Waals surface area contributed by atoms with Crippen molar-refractivity contribution in [2.24, 2.45) is 0 Å². The van der Waals surface area contributed by atoms with E-state index in [9.17, 15) is 9.18 Å². The van der Waals surface area contributed by atoms with E-state index >= 15 is 0 Å². The highest BCUT2D eigenvalue weighted by Gasteiger charge is 2.52. The summed E-state index contributed by atoms with van der Waals surface area (Å²) in [6.07, 6.45) is 5.68. The summed E-state index contributed by atoms with van der Waals surface area (Å²) in [6.45, 7) is 2.87. The summed E-state index contributed by atoms with van der Waals surface area (Å²) in [4.78, 5) is 22.5. The Labute approximate surface area is 168 Å². The molecule has 2 heterocycles. The minimum Gasteiger partial charge on any atom is -0.352 e. The number of carbonyl (C=O) groups is 1. The van der Waals surface area contributed by atoms with Crippen molar-refractivity contribution in [1.29, 1.82) is 0 Å². The van der Waals surface area contributed by atoms with Crippen molar-refractivity contribution in [3.63, 3.8) is 0 Å². The Morgan fingerprint density at radius 3 is 2.62 bits per heavy atom. The van der Waals surface area contributed by atoms with E-state index in [0.717, 1.165) is 30.6 Å². The molecule has 0 unspecified atom stereocenters. The molecule has 1 saturated carbocycles. The lowest BCUT2D eigenvalue weighted by Crippen LogP contribution is -2.21. The molecule has 1 aromatic heterocycles. The zero-order valence-electron chi connectivity index (χ0n) is 16.2. The topological polar surface area (TPSA) is 58.1 Å². The molecule has 146 valence electrons. The van der Waals surface area contributed by atoms with E-state index in [1.165, 1.54) is 18.6 Å². The number of benzene rings is 2. The van der Waals surface area contributed by atoms with E-state index in [4.69, 9.17) is 0 Å². The van der Waals surface area contributed by atoms with Gasteiger partial charge < -0.3 is 10.2 Å². The third kappa shape index (κ3) is 3.14. The van der Waals surface area contributed by atoms with Crippen LogP contribution in [-0.2, 0) is 16.8 Å². The van der Waals surface area contributed by atoms with Crippen molar-refractivity contribution in [1.82, 2.24) is 15.3 Å². The second kappa shape index (κ2) is 6.65. The number of anilines is 2. The van der Waals surface area contributed by atoms with Crippen LogP contribution in [0.5, 0.6) is 0 Å². The summed E-state index contributed by atoms with van der Waals surface area (Å²) in [6, 6.07) is 13.0. The van der Waals surface area contributed by atoms with E-state index < -0.39 is 0 Å². The number of rotatable bonds is 4. The Morgan fingerprint density at radius 1 is 1.17 bits per heavy atom. The van der Waals surface area contributed by atoms with Crippen molar-refractivity contribution in [2.75, 3.05) is 11.4 Å². The first-order valence-electron chi connectivity index (χ1n) is 9.78. The zero-order valence-corrected chi connectivity index (χ0v) is 16.2. The van der Waals surface area contributed by atoms with E-state index in [-0.39, 0.29) is 17.1 Å². The fraction of sp³-hybridized carbons (Fsp3) is 0.261. The van der Waals surface area contributed by atoms with Crippen LogP contribution < -0.4 is 10.2 Å². The Morgan fingerprint density at radius 2 is 1.93 bits per heavy atom. The number of carbonyl (C=O) groups excluding carboxylic acids is 1. The molecule has 1 spiro atoms. The zero-order chi connectivity index (χ0) is 20.0. The lowest BCUT2D eigenvalue weighted by molar-refractivity contribution is -0.119. The Balaban J connectivity index is 1.47. The van der Waals surface area contributed by atoms with Crippen molar-refractivity contribution < 1.29 is 9.18 Å². The van der Waals surface area contributed by atoms with Crippen LogP contribution in [0.4, 0.5) is 16.0 Å². The highest BCUT2D eigenvalue weighted by Crippen LogP contribution is 2.57. The van der Waals surface area contributed by atoms with Crippen LogP contribution in [0.15, 0.2) is 54.9 Å². The van der Waals surface area contributed by atoms with Gasteiger partial charge in [0.15, 0.2) is 0 Å². The molecule has 6 heteroatoms. The Kier molecular flexibility index (Phi) is 4.08. The molecular weight excluding hydrogens is 367 g/mol. The van der Waals surface area contributed by atoms with Gasteiger partial charge in [-0.1, -0.05) is 30.3 Å². The van der Waals surface area contributed by atoms with Crippen LogP contribution in [0.3, 0.4) is 0 Å². The number of aromatic nitrogens is 2. The van der Waals surface area contributed by atoms with Gasteiger partial charge in [-0.25, -0.2) is 14.4 Å². The third-order valence-electron chi connectivity index (χ3n) is 5.84. The van der Waals surface area contributed by atoms with E-state index in [1.54, 1.807) is 30.6 Å². The molecule has 0 bridgehead atoms. The maximum absolute atomic E-state index is 14.1. The average Bonchev–Trinajstić information content (AvgIpc) is 3.44. The molecule has 1 aliphatic heterocycles. The number of fused-ring (bicyclic) bond motifs is 2. The number of halogens is 1. The van der Waals surface area contributed by atoms with Gasteiger partial charge in [0.2, 0.25) is 11.9 Å². The van der Waals surface area contributed by atoms with Gasteiger partial charge in [0, 0.05) is 54.6 Å². The normalized spacial score (nSPS) is 16.0. The summed E-state index contributed by atoms with van der Waals surface area (Å²) < 4.78 is 14.1. The highest BCUT2D eigenvalue weighted by atomic mass is 19.1. The molecule has 5 rings (SSSR count). The maximum atomic E-state index is 14.1. The van der Waals surface area contributed by atoms with Crippen molar-refractivity contribution >= 4 is 17.5 Å². The molecule has 0 atom stereocenters. The van der Waals surface area contributed by atoms with Gasteiger partial charge >= 0.3 is 0 Å². The fourth-order valence-electron chi connectivity index (χ4n) is 4.11. The van der Waals surface area contributed by atoms with Gasteiger partial charge in [0.1, 0.15) is 5.82 Å². The van der Waals surface area contributed by atoms with Crippen LogP contribution in [0, 0.1) is 5.82 Å². The summed E-state index contributed by atoms with van der Waals surface area (Å²) in [5, 5.41) is 2.85. The molecule has 1 N–H and O–H groups in total. The molecule has 1 aliphatic carbocycles. The average molecular weight is 388 g/mol. The van der Waals surface area contributed by atoms with Crippen molar-refractivity contribution in [2.45, 2.75) is 31.7 Å². The molecule has 0 radical (unpaired) electrons. The van der Waals surface area contributed by atoms with Gasteiger partial charge in [0.05, 0.1) is 0 Å². The minimum atomic E-state index is -0.282. The second-order valence-corrected chi connectivity index (χ2v) is 7.88. The van der Waals surface area contributed by atoms with Crippen LogP contribution in [0.1, 0.15) is 30.9 Å². The standard InChI is InChI=1S/C23H21FN4O/c1-15(29)25-11-16-6-7-19-21(10-16)28(14-23(19)8-9-23)22-26-12-17(13-27-22)18-4-2-3-5-20(18)24/h2-7,10,12-13H,8-9,11,14H2,1H3,(H,25,29). The number of nitrogens with zero attached hydrogens (tertiary/aromatic N) is 3. The van der Waals surface area contributed by atoms with Crippen LogP contribution in [0.25, 0.3) is 11.1 Å². The first-order chi connectivity index (χ1) is 14.1. The first kappa shape index (κ1) is 17.8. The predicted molar refractivity (Wildman–Crippen MR) is 109 cm³/mol. The molecule has 1 fully saturated rings. The summed E-state index contributed by atoms with van der Waals surface area (Å²) >= 11 is 0. The quantitative estimate of drug-likeness (QED) is 0.731. The minimum absolute atomic E-state index is 0.0481. The van der Waals surface area contributed by atoms with Gasteiger partial charge in [0.25, 0.3) is 0 Å². The smallest absolute Gasteiger partial charge is 0.229 e. The Bertz CT molecular complexity index is 1090. The molecule has 2 aliphatic rings. The summed E-state index contributed by atoms with van der Waals surface area (Å²) in [7, 11) is 0. The first-order valence-corrected chi connectivity index (χ1v) is 9.78. The van der Waals surface area contributed by atoms with Crippen LogP contribution in [-0.4, -0.2) is 22.4 Å². The number of hydrogen-bond acceptors (Lipinski definition) is 4. The van der Waals surface area contributed by atoms with E-state index in [1.807, 2.05) is 0 Å². The van der Waals surface area contributed by atoms with Crippen molar-refractivity contribution in [3.05, 3.63) is 71.8 Å². The van der Waals surface area contributed by atoms with Gasteiger partial charge in [-0.15, -0.1) is 0 Å². The predicted octanol–water partition coefficient (Wildman–Crippen LogP) is 4.10.